The number of aromatic hydroxyl groups is 1. The molecule has 2 heteroatoms. The molecule has 0 radical (unpaired) electrons. The second kappa shape index (κ2) is 3.48. The second-order valence-electron chi connectivity index (χ2n) is 2.79. The van der Waals surface area contributed by atoms with Gasteiger partial charge in [0.15, 0.2) is 0 Å². The molecule has 2 nitrogen and oxygen atoms in total. The van der Waals surface area contributed by atoms with Gasteiger partial charge in [-0.1, -0.05) is 6.07 Å². The van der Waals surface area contributed by atoms with E-state index < -0.39 is 0 Å². The Morgan fingerprint density at radius 2 is 2.00 bits per heavy atom. The Labute approximate surface area is 72.8 Å². The number of ether oxygens (including phenoxy) is 1. The van der Waals surface area contributed by atoms with E-state index >= 15 is 0 Å². The minimum Gasteiger partial charge on any atom is -0.508 e. The second-order valence-corrected chi connectivity index (χ2v) is 2.79. The quantitative estimate of drug-likeness (QED) is 0.731. The van der Waals surface area contributed by atoms with Crippen LogP contribution in [0.1, 0.15) is 18.1 Å². The molecule has 0 aliphatic carbocycles. The van der Waals surface area contributed by atoms with Crippen LogP contribution in [0.3, 0.4) is 0 Å². The monoisotopic (exact) mass is 166 g/mol. The molecule has 0 saturated carbocycles. The Hall–Kier alpha value is -1.18. The van der Waals surface area contributed by atoms with E-state index in [2.05, 4.69) is 0 Å². The zero-order valence-corrected chi connectivity index (χ0v) is 7.72. The van der Waals surface area contributed by atoms with Gasteiger partial charge in [0.1, 0.15) is 11.5 Å². The normalized spacial score (nSPS) is 9.92. The number of hydrogen-bond acceptors (Lipinski definition) is 2. The fourth-order valence-corrected chi connectivity index (χ4v) is 1.18. The van der Waals surface area contributed by atoms with Crippen LogP contribution < -0.4 is 4.74 Å². The first-order valence-corrected chi connectivity index (χ1v) is 4.08. The third-order valence-corrected chi connectivity index (χ3v) is 1.86. The number of phenols is 1. The van der Waals surface area contributed by atoms with Gasteiger partial charge in [-0.05, 0) is 32.4 Å². The summed E-state index contributed by atoms with van der Waals surface area (Å²) in [6.07, 6.45) is 0. The van der Waals surface area contributed by atoms with Gasteiger partial charge in [-0.2, -0.15) is 0 Å². The first kappa shape index (κ1) is 8.91. The van der Waals surface area contributed by atoms with Crippen molar-refractivity contribution in [1.82, 2.24) is 0 Å². The number of phenolic OH excluding ortho intramolecular Hbond substituents is 1. The highest BCUT2D eigenvalue weighted by Crippen LogP contribution is 2.29. The average molecular weight is 166 g/mol. The summed E-state index contributed by atoms with van der Waals surface area (Å²) in [4.78, 5) is 0. The van der Waals surface area contributed by atoms with Crippen molar-refractivity contribution in [3.05, 3.63) is 23.3 Å². The van der Waals surface area contributed by atoms with E-state index in [1.165, 1.54) is 0 Å². The molecule has 1 aromatic rings. The number of rotatable bonds is 2. The van der Waals surface area contributed by atoms with Crippen molar-refractivity contribution in [2.75, 3.05) is 6.61 Å². The van der Waals surface area contributed by atoms with Crippen LogP contribution in [-0.4, -0.2) is 11.7 Å². The van der Waals surface area contributed by atoms with Gasteiger partial charge in [0.25, 0.3) is 0 Å². The van der Waals surface area contributed by atoms with Gasteiger partial charge in [-0.25, -0.2) is 0 Å². The Bertz CT molecular complexity index is 279. The molecular weight excluding hydrogens is 152 g/mol. The third-order valence-electron chi connectivity index (χ3n) is 1.86. The van der Waals surface area contributed by atoms with Crippen LogP contribution in [0.4, 0.5) is 0 Å². The molecule has 0 aliphatic heterocycles. The molecule has 12 heavy (non-hydrogen) atoms. The van der Waals surface area contributed by atoms with Crippen molar-refractivity contribution >= 4 is 0 Å². The molecule has 1 rings (SSSR count). The summed E-state index contributed by atoms with van der Waals surface area (Å²) < 4.78 is 5.39. The Morgan fingerprint density at radius 1 is 1.33 bits per heavy atom. The third kappa shape index (κ3) is 1.52. The van der Waals surface area contributed by atoms with Crippen molar-refractivity contribution in [2.45, 2.75) is 20.8 Å². The average Bonchev–Trinajstić information content (AvgIpc) is 2.06. The molecule has 0 amide bonds. The van der Waals surface area contributed by atoms with E-state index in [9.17, 15) is 5.11 Å². The van der Waals surface area contributed by atoms with Gasteiger partial charge < -0.3 is 9.84 Å². The van der Waals surface area contributed by atoms with Crippen molar-refractivity contribution in [2.24, 2.45) is 0 Å². The van der Waals surface area contributed by atoms with Crippen molar-refractivity contribution in [3.63, 3.8) is 0 Å². The van der Waals surface area contributed by atoms with Crippen LogP contribution in [0.5, 0.6) is 11.5 Å². The molecular formula is C10H14O2. The smallest absolute Gasteiger partial charge is 0.128 e. The van der Waals surface area contributed by atoms with Crippen molar-refractivity contribution in [3.8, 4) is 11.5 Å². The van der Waals surface area contributed by atoms with E-state index in [0.717, 1.165) is 16.9 Å². The van der Waals surface area contributed by atoms with E-state index in [4.69, 9.17) is 4.74 Å². The van der Waals surface area contributed by atoms with E-state index in [-0.39, 0.29) is 0 Å². The molecule has 0 bridgehead atoms. The minimum absolute atomic E-state index is 0.295. The lowest BCUT2D eigenvalue weighted by molar-refractivity contribution is 0.332. The van der Waals surface area contributed by atoms with Crippen LogP contribution in [-0.2, 0) is 0 Å². The maximum atomic E-state index is 9.37. The number of hydrogen-bond donors (Lipinski definition) is 1. The highest BCUT2D eigenvalue weighted by atomic mass is 16.5. The number of aryl methyl sites for hydroxylation is 1. The molecule has 0 heterocycles. The van der Waals surface area contributed by atoms with Crippen LogP contribution in [0.15, 0.2) is 12.1 Å². The molecule has 1 N–H and O–H groups in total. The van der Waals surface area contributed by atoms with E-state index in [0.29, 0.717) is 12.4 Å². The summed E-state index contributed by atoms with van der Waals surface area (Å²) in [7, 11) is 0. The molecule has 0 aliphatic rings. The summed E-state index contributed by atoms with van der Waals surface area (Å²) >= 11 is 0. The molecule has 66 valence electrons. The maximum absolute atomic E-state index is 9.37. The molecule has 0 aromatic heterocycles. The van der Waals surface area contributed by atoms with E-state index in [1.54, 1.807) is 6.07 Å². The molecule has 1 aromatic carbocycles. The Balaban J connectivity index is 3.14. The first-order chi connectivity index (χ1) is 5.66. The zero-order chi connectivity index (χ0) is 9.14. The lowest BCUT2D eigenvalue weighted by Crippen LogP contribution is -1.96. The van der Waals surface area contributed by atoms with Crippen molar-refractivity contribution < 1.29 is 9.84 Å². The standard InChI is InChI=1S/C10H14O2/c1-4-12-10-7(2)5-6-9(11)8(10)3/h5-6,11H,4H2,1-3H3. The summed E-state index contributed by atoms with van der Waals surface area (Å²) in [5.41, 5.74) is 1.88. The van der Waals surface area contributed by atoms with Crippen LogP contribution in [0, 0.1) is 13.8 Å². The predicted molar refractivity (Wildman–Crippen MR) is 48.7 cm³/mol. The summed E-state index contributed by atoms with van der Waals surface area (Å²) in [6, 6.07) is 3.54. The topological polar surface area (TPSA) is 29.5 Å². The Morgan fingerprint density at radius 3 is 2.58 bits per heavy atom. The predicted octanol–water partition coefficient (Wildman–Crippen LogP) is 2.41. The van der Waals surface area contributed by atoms with Crippen LogP contribution in [0.25, 0.3) is 0 Å². The fraction of sp³-hybridized carbons (Fsp3) is 0.400. The lowest BCUT2D eigenvalue weighted by Gasteiger charge is -2.10. The van der Waals surface area contributed by atoms with Crippen molar-refractivity contribution in [1.29, 1.82) is 0 Å². The lowest BCUT2D eigenvalue weighted by atomic mass is 10.1. The molecule has 0 atom stereocenters. The molecule has 0 saturated heterocycles. The first-order valence-electron chi connectivity index (χ1n) is 4.08. The summed E-state index contributed by atoms with van der Waals surface area (Å²) in [5, 5.41) is 9.37. The SMILES string of the molecule is CCOc1c(C)ccc(O)c1C. The molecule has 0 unspecified atom stereocenters. The maximum Gasteiger partial charge on any atom is 0.128 e. The van der Waals surface area contributed by atoms with Gasteiger partial charge in [-0.15, -0.1) is 0 Å². The highest BCUT2D eigenvalue weighted by Gasteiger charge is 2.06. The summed E-state index contributed by atoms with van der Waals surface area (Å²) in [5.74, 6) is 1.10. The van der Waals surface area contributed by atoms with Crippen LogP contribution in [0.2, 0.25) is 0 Å². The van der Waals surface area contributed by atoms with Crippen LogP contribution >= 0.6 is 0 Å². The zero-order valence-electron chi connectivity index (χ0n) is 7.72. The van der Waals surface area contributed by atoms with Gasteiger partial charge >= 0.3 is 0 Å². The summed E-state index contributed by atoms with van der Waals surface area (Å²) in [6.45, 7) is 6.39. The largest absolute Gasteiger partial charge is 0.508 e. The number of benzene rings is 1. The van der Waals surface area contributed by atoms with Gasteiger partial charge in [-0.3, -0.25) is 0 Å². The highest BCUT2D eigenvalue weighted by molar-refractivity contribution is 5.47. The van der Waals surface area contributed by atoms with Gasteiger partial charge in [0.05, 0.1) is 6.61 Å². The van der Waals surface area contributed by atoms with Gasteiger partial charge in [0.2, 0.25) is 0 Å². The molecule has 0 fully saturated rings. The van der Waals surface area contributed by atoms with E-state index in [1.807, 2.05) is 26.8 Å². The fourth-order valence-electron chi connectivity index (χ4n) is 1.18. The van der Waals surface area contributed by atoms with Gasteiger partial charge in [0, 0.05) is 5.56 Å². The Kier molecular flexibility index (Phi) is 2.58. The minimum atomic E-state index is 0.295. The molecule has 0 spiro atoms.